The van der Waals surface area contributed by atoms with Crippen molar-refractivity contribution in [2.24, 2.45) is 10.7 Å². The highest BCUT2D eigenvalue weighted by Gasteiger charge is 1.95. The van der Waals surface area contributed by atoms with Gasteiger partial charge in [0.2, 0.25) is 0 Å². The van der Waals surface area contributed by atoms with Gasteiger partial charge in [-0.15, -0.1) is 0 Å². The SMILES string of the molecule is CCCN=C(N)Nc1ccc(OCC)cc1. The van der Waals surface area contributed by atoms with Crippen LogP contribution in [0.4, 0.5) is 5.69 Å². The van der Waals surface area contributed by atoms with Crippen LogP contribution in [0.15, 0.2) is 29.3 Å². The molecule has 0 saturated carbocycles. The summed E-state index contributed by atoms with van der Waals surface area (Å²) < 4.78 is 5.34. The van der Waals surface area contributed by atoms with Gasteiger partial charge >= 0.3 is 0 Å². The molecule has 0 spiro atoms. The highest BCUT2D eigenvalue weighted by atomic mass is 16.5. The summed E-state index contributed by atoms with van der Waals surface area (Å²) in [6.07, 6.45) is 0.992. The molecule has 0 aliphatic heterocycles. The Morgan fingerprint density at radius 3 is 2.56 bits per heavy atom. The molecule has 0 atom stereocenters. The molecule has 1 aromatic rings. The van der Waals surface area contributed by atoms with E-state index in [9.17, 15) is 0 Å². The highest BCUT2D eigenvalue weighted by Crippen LogP contribution is 2.15. The molecule has 0 unspecified atom stereocenters. The molecule has 3 N–H and O–H groups in total. The molecule has 0 aliphatic rings. The number of nitrogens with one attached hydrogen (secondary N) is 1. The largest absolute Gasteiger partial charge is 0.494 e. The molecule has 0 saturated heterocycles. The lowest BCUT2D eigenvalue weighted by Gasteiger charge is -2.07. The molecular weight excluding hydrogens is 202 g/mol. The minimum absolute atomic E-state index is 0.450. The van der Waals surface area contributed by atoms with E-state index in [4.69, 9.17) is 10.5 Å². The van der Waals surface area contributed by atoms with Crippen molar-refractivity contribution in [2.75, 3.05) is 18.5 Å². The topological polar surface area (TPSA) is 59.6 Å². The molecule has 4 nitrogen and oxygen atoms in total. The summed E-state index contributed by atoms with van der Waals surface area (Å²) in [4.78, 5) is 4.15. The van der Waals surface area contributed by atoms with Gasteiger partial charge in [-0.3, -0.25) is 4.99 Å². The Hall–Kier alpha value is -1.71. The van der Waals surface area contributed by atoms with Crippen molar-refractivity contribution < 1.29 is 4.74 Å². The van der Waals surface area contributed by atoms with Crippen LogP contribution in [0, 0.1) is 0 Å². The minimum atomic E-state index is 0.450. The zero-order chi connectivity index (χ0) is 11.8. The first-order valence-corrected chi connectivity index (χ1v) is 5.56. The number of aliphatic imine (C=N–C) groups is 1. The second-order valence-corrected chi connectivity index (χ2v) is 3.35. The van der Waals surface area contributed by atoms with Crippen molar-refractivity contribution in [3.8, 4) is 5.75 Å². The summed E-state index contributed by atoms with van der Waals surface area (Å²) in [5, 5.41) is 3.02. The Morgan fingerprint density at radius 2 is 2.00 bits per heavy atom. The fraction of sp³-hybridized carbons (Fsp3) is 0.417. The van der Waals surface area contributed by atoms with Crippen molar-refractivity contribution in [3.05, 3.63) is 24.3 Å². The molecule has 0 heterocycles. The molecule has 0 radical (unpaired) electrons. The van der Waals surface area contributed by atoms with Gasteiger partial charge < -0.3 is 15.8 Å². The zero-order valence-corrected chi connectivity index (χ0v) is 9.86. The lowest BCUT2D eigenvalue weighted by atomic mass is 10.3. The monoisotopic (exact) mass is 221 g/mol. The van der Waals surface area contributed by atoms with E-state index in [1.165, 1.54) is 0 Å². The van der Waals surface area contributed by atoms with Gasteiger partial charge in [0, 0.05) is 12.2 Å². The fourth-order valence-electron chi connectivity index (χ4n) is 1.22. The van der Waals surface area contributed by atoms with E-state index in [-0.39, 0.29) is 0 Å². The fourth-order valence-corrected chi connectivity index (χ4v) is 1.22. The van der Waals surface area contributed by atoms with Crippen LogP contribution in [0.3, 0.4) is 0 Å². The average Bonchev–Trinajstić information content (AvgIpc) is 2.29. The maximum atomic E-state index is 5.70. The Morgan fingerprint density at radius 1 is 1.31 bits per heavy atom. The van der Waals surface area contributed by atoms with Crippen LogP contribution in [0.5, 0.6) is 5.75 Å². The number of benzene rings is 1. The van der Waals surface area contributed by atoms with Crippen molar-refractivity contribution in [3.63, 3.8) is 0 Å². The number of guanidine groups is 1. The maximum Gasteiger partial charge on any atom is 0.193 e. The molecule has 0 amide bonds. The van der Waals surface area contributed by atoms with Crippen molar-refractivity contribution in [1.82, 2.24) is 0 Å². The Labute approximate surface area is 96.5 Å². The second kappa shape index (κ2) is 6.71. The van der Waals surface area contributed by atoms with Crippen molar-refractivity contribution >= 4 is 11.6 Å². The number of nitrogens with two attached hydrogens (primary N) is 1. The predicted octanol–water partition coefficient (Wildman–Crippen LogP) is 2.22. The van der Waals surface area contributed by atoms with Gasteiger partial charge in [-0.25, -0.2) is 0 Å². The number of rotatable bonds is 5. The van der Waals surface area contributed by atoms with Crippen LogP contribution in [0.25, 0.3) is 0 Å². The molecule has 1 rings (SSSR count). The standard InChI is InChI=1S/C12H19N3O/c1-3-9-14-12(13)15-10-5-7-11(8-6-10)16-4-2/h5-8H,3-4,9H2,1-2H3,(H3,13,14,15). The molecule has 0 aromatic heterocycles. The third-order valence-electron chi connectivity index (χ3n) is 1.94. The van der Waals surface area contributed by atoms with Gasteiger partial charge in [-0.1, -0.05) is 6.92 Å². The lowest BCUT2D eigenvalue weighted by Crippen LogP contribution is -2.22. The molecule has 4 heteroatoms. The van der Waals surface area contributed by atoms with Gasteiger partial charge in [-0.05, 0) is 37.6 Å². The Balaban J connectivity index is 2.54. The van der Waals surface area contributed by atoms with E-state index in [1.54, 1.807) is 0 Å². The number of ether oxygens (including phenoxy) is 1. The predicted molar refractivity (Wildman–Crippen MR) is 68.0 cm³/mol. The molecule has 0 bridgehead atoms. The van der Waals surface area contributed by atoms with Crippen LogP contribution >= 0.6 is 0 Å². The van der Waals surface area contributed by atoms with E-state index in [0.717, 1.165) is 24.4 Å². The quantitative estimate of drug-likeness (QED) is 0.592. The molecule has 0 fully saturated rings. The van der Waals surface area contributed by atoms with Crippen LogP contribution in [-0.2, 0) is 0 Å². The smallest absolute Gasteiger partial charge is 0.193 e. The van der Waals surface area contributed by atoms with Crippen molar-refractivity contribution in [2.45, 2.75) is 20.3 Å². The third kappa shape index (κ3) is 4.21. The second-order valence-electron chi connectivity index (χ2n) is 3.35. The average molecular weight is 221 g/mol. The molecule has 16 heavy (non-hydrogen) atoms. The lowest BCUT2D eigenvalue weighted by molar-refractivity contribution is 0.340. The van der Waals surface area contributed by atoms with E-state index in [1.807, 2.05) is 31.2 Å². The van der Waals surface area contributed by atoms with Crippen LogP contribution in [-0.4, -0.2) is 19.1 Å². The summed E-state index contributed by atoms with van der Waals surface area (Å²) in [7, 11) is 0. The van der Waals surface area contributed by atoms with Gasteiger partial charge in [0.15, 0.2) is 5.96 Å². The number of hydrogen-bond acceptors (Lipinski definition) is 2. The first-order chi connectivity index (χ1) is 7.76. The van der Waals surface area contributed by atoms with Crippen LogP contribution in [0.2, 0.25) is 0 Å². The molecule has 1 aromatic carbocycles. The molecule has 0 aliphatic carbocycles. The molecule has 88 valence electrons. The van der Waals surface area contributed by atoms with E-state index >= 15 is 0 Å². The van der Waals surface area contributed by atoms with Gasteiger partial charge in [0.1, 0.15) is 5.75 Å². The van der Waals surface area contributed by atoms with Gasteiger partial charge in [0.25, 0.3) is 0 Å². The molecular formula is C12H19N3O. The first-order valence-electron chi connectivity index (χ1n) is 5.56. The number of nitrogens with zero attached hydrogens (tertiary/aromatic N) is 1. The first kappa shape index (κ1) is 12.4. The summed E-state index contributed by atoms with van der Waals surface area (Å²) in [6, 6.07) is 7.64. The summed E-state index contributed by atoms with van der Waals surface area (Å²) >= 11 is 0. The van der Waals surface area contributed by atoms with E-state index < -0.39 is 0 Å². The van der Waals surface area contributed by atoms with Crippen LogP contribution < -0.4 is 15.8 Å². The van der Waals surface area contributed by atoms with Gasteiger partial charge in [-0.2, -0.15) is 0 Å². The Bertz CT molecular complexity index is 333. The third-order valence-corrected chi connectivity index (χ3v) is 1.94. The zero-order valence-electron chi connectivity index (χ0n) is 9.86. The number of hydrogen-bond donors (Lipinski definition) is 2. The minimum Gasteiger partial charge on any atom is -0.494 e. The summed E-state index contributed by atoms with van der Waals surface area (Å²) in [5.74, 6) is 1.31. The normalized spacial score (nSPS) is 11.2. The van der Waals surface area contributed by atoms with E-state index in [0.29, 0.717) is 12.6 Å². The van der Waals surface area contributed by atoms with Crippen LogP contribution in [0.1, 0.15) is 20.3 Å². The summed E-state index contributed by atoms with van der Waals surface area (Å²) in [6.45, 7) is 5.44. The summed E-state index contributed by atoms with van der Waals surface area (Å²) in [5.41, 5.74) is 6.61. The van der Waals surface area contributed by atoms with Crippen molar-refractivity contribution in [1.29, 1.82) is 0 Å². The Kier molecular flexibility index (Phi) is 5.19. The number of anilines is 1. The highest BCUT2D eigenvalue weighted by molar-refractivity contribution is 5.92. The van der Waals surface area contributed by atoms with E-state index in [2.05, 4.69) is 17.2 Å². The maximum absolute atomic E-state index is 5.70. The van der Waals surface area contributed by atoms with Gasteiger partial charge in [0.05, 0.1) is 6.61 Å².